The molecule has 16 heavy (non-hydrogen) atoms. The van der Waals surface area contributed by atoms with Crippen LogP contribution in [0.1, 0.15) is 33.1 Å². The van der Waals surface area contributed by atoms with Crippen molar-refractivity contribution in [1.29, 1.82) is 0 Å². The Kier molecular flexibility index (Phi) is 6.78. The second-order valence-electron chi connectivity index (χ2n) is 5.38. The Morgan fingerprint density at radius 1 is 1.31 bits per heavy atom. The Morgan fingerprint density at radius 2 is 2.00 bits per heavy atom. The summed E-state index contributed by atoms with van der Waals surface area (Å²) in [6.45, 7) is 8.77. The van der Waals surface area contributed by atoms with Crippen molar-refractivity contribution in [3.05, 3.63) is 0 Å². The van der Waals surface area contributed by atoms with E-state index in [1.54, 1.807) is 0 Å². The molecule has 0 saturated carbocycles. The van der Waals surface area contributed by atoms with E-state index < -0.39 is 0 Å². The molecule has 0 bridgehead atoms. The molecule has 1 aliphatic heterocycles. The van der Waals surface area contributed by atoms with E-state index in [1.807, 2.05) is 11.8 Å². The minimum Gasteiger partial charge on any atom is -0.381 e. The lowest BCUT2D eigenvalue weighted by Crippen LogP contribution is -2.40. The Hall–Kier alpha value is 0.270. The van der Waals surface area contributed by atoms with E-state index in [2.05, 4.69) is 25.4 Å². The zero-order chi connectivity index (χ0) is 11.9. The first-order chi connectivity index (χ1) is 7.68. The van der Waals surface area contributed by atoms with Crippen LogP contribution in [-0.4, -0.2) is 38.3 Å². The van der Waals surface area contributed by atoms with Crippen molar-refractivity contribution in [3.8, 4) is 0 Å². The Balaban J connectivity index is 2.36. The number of nitrogens with one attached hydrogen (secondary N) is 1. The van der Waals surface area contributed by atoms with E-state index in [4.69, 9.17) is 4.74 Å². The topological polar surface area (TPSA) is 21.3 Å². The SMILES string of the molecule is CSCCC1(CNCC(C)C)CCOCC1. The van der Waals surface area contributed by atoms with Gasteiger partial charge in [-0.25, -0.2) is 0 Å². The highest BCUT2D eigenvalue weighted by Crippen LogP contribution is 2.34. The Bertz CT molecular complexity index is 179. The third-order valence-corrected chi connectivity index (χ3v) is 4.05. The standard InChI is InChI=1S/C13H27NOS/c1-12(2)10-14-11-13(6-9-16-3)4-7-15-8-5-13/h12,14H,4-11H2,1-3H3. The van der Waals surface area contributed by atoms with Gasteiger partial charge >= 0.3 is 0 Å². The minimum absolute atomic E-state index is 0.510. The average molecular weight is 245 g/mol. The van der Waals surface area contributed by atoms with Crippen molar-refractivity contribution in [3.63, 3.8) is 0 Å². The predicted octanol–water partition coefficient (Wildman–Crippen LogP) is 2.78. The van der Waals surface area contributed by atoms with Crippen LogP contribution in [0.4, 0.5) is 0 Å². The highest BCUT2D eigenvalue weighted by molar-refractivity contribution is 7.98. The van der Waals surface area contributed by atoms with E-state index in [1.165, 1.54) is 31.6 Å². The second-order valence-corrected chi connectivity index (χ2v) is 6.37. The van der Waals surface area contributed by atoms with Gasteiger partial charge in [0.15, 0.2) is 0 Å². The third-order valence-electron chi connectivity index (χ3n) is 3.44. The van der Waals surface area contributed by atoms with E-state index in [0.29, 0.717) is 5.41 Å². The third kappa shape index (κ3) is 5.07. The van der Waals surface area contributed by atoms with E-state index >= 15 is 0 Å². The molecule has 1 saturated heterocycles. The van der Waals surface area contributed by atoms with Gasteiger partial charge in [-0.05, 0) is 49.1 Å². The smallest absolute Gasteiger partial charge is 0.0471 e. The van der Waals surface area contributed by atoms with Gasteiger partial charge in [0.05, 0.1) is 0 Å². The number of hydrogen-bond acceptors (Lipinski definition) is 3. The van der Waals surface area contributed by atoms with Gasteiger partial charge in [0.1, 0.15) is 0 Å². The number of ether oxygens (including phenoxy) is 1. The molecule has 0 aromatic heterocycles. The van der Waals surface area contributed by atoms with Gasteiger partial charge in [0.25, 0.3) is 0 Å². The Morgan fingerprint density at radius 3 is 2.56 bits per heavy atom. The summed E-state index contributed by atoms with van der Waals surface area (Å²) in [6.07, 6.45) is 6.01. The van der Waals surface area contributed by atoms with Crippen molar-refractivity contribution in [1.82, 2.24) is 5.32 Å². The lowest BCUT2D eigenvalue weighted by Gasteiger charge is -2.37. The van der Waals surface area contributed by atoms with Crippen molar-refractivity contribution in [2.75, 3.05) is 38.3 Å². The molecule has 0 unspecified atom stereocenters. The maximum Gasteiger partial charge on any atom is 0.0471 e. The fourth-order valence-electron chi connectivity index (χ4n) is 2.26. The van der Waals surface area contributed by atoms with E-state index in [-0.39, 0.29) is 0 Å². The summed E-state index contributed by atoms with van der Waals surface area (Å²) in [7, 11) is 0. The monoisotopic (exact) mass is 245 g/mol. The van der Waals surface area contributed by atoms with Crippen molar-refractivity contribution in [2.24, 2.45) is 11.3 Å². The molecule has 1 fully saturated rings. The molecule has 0 atom stereocenters. The number of rotatable bonds is 7. The van der Waals surface area contributed by atoms with Gasteiger partial charge in [0, 0.05) is 19.8 Å². The minimum atomic E-state index is 0.510. The first-order valence-electron chi connectivity index (χ1n) is 6.46. The zero-order valence-corrected chi connectivity index (χ0v) is 11.9. The molecule has 3 heteroatoms. The maximum atomic E-state index is 5.50. The molecular weight excluding hydrogens is 218 g/mol. The van der Waals surface area contributed by atoms with Gasteiger partial charge < -0.3 is 10.1 Å². The highest BCUT2D eigenvalue weighted by Gasteiger charge is 2.31. The van der Waals surface area contributed by atoms with Gasteiger partial charge in [-0.3, -0.25) is 0 Å². The molecule has 1 rings (SSSR count). The lowest BCUT2D eigenvalue weighted by atomic mass is 9.77. The quantitative estimate of drug-likeness (QED) is 0.745. The molecule has 0 spiro atoms. The number of thioether (sulfide) groups is 1. The first-order valence-corrected chi connectivity index (χ1v) is 7.85. The number of hydrogen-bond donors (Lipinski definition) is 1. The van der Waals surface area contributed by atoms with Gasteiger partial charge in [-0.2, -0.15) is 11.8 Å². The van der Waals surface area contributed by atoms with Gasteiger partial charge in [-0.1, -0.05) is 13.8 Å². The molecule has 1 heterocycles. The molecule has 0 radical (unpaired) electrons. The molecule has 0 amide bonds. The maximum absolute atomic E-state index is 5.50. The normalized spacial score (nSPS) is 20.2. The summed E-state index contributed by atoms with van der Waals surface area (Å²) in [5.74, 6) is 2.03. The molecule has 1 N–H and O–H groups in total. The first kappa shape index (κ1) is 14.3. The average Bonchev–Trinajstić information content (AvgIpc) is 2.27. The van der Waals surface area contributed by atoms with Crippen molar-refractivity contribution < 1.29 is 4.74 Å². The summed E-state index contributed by atoms with van der Waals surface area (Å²) < 4.78 is 5.50. The molecule has 0 aromatic rings. The highest BCUT2D eigenvalue weighted by atomic mass is 32.2. The summed E-state index contributed by atoms with van der Waals surface area (Å²) in [5.41, 5.74) is 0.510. The van der Waals surface area contributed by atoms with Gasteiger partial charge in [-0.15, -0.1) is 0 Å². The van der Waals surface area contributed by atoms with Crippen LogP contribution in [0, 0.1) is 11.3 Å². The second kappa shape index (κ2) is 7.57. The zero-order valence-electron chi connectivity index (χ0n) is 11.1. The largest absolute Gasteiger partial charge is 0.381 e. The van der Waals surface area contributed by atoms with Crippen LogP contribution >= 0.6 is 11.8 Å². The predicted molar refractivity (Wildman–Crippen MR) is 73.2 cm³/mol. The van der Waals surface area contributed by atoms with Gasteiger partial charge in [0.2, 0.25) is 0 Å². The van der Waals surface area contributed by atoms with Crippen LogP contribution in [0.15, 0.2) is 0 Å². The molecular formula is C13H27NOS. The van der Waals surface area contributed by atoms with Crippen molar-refractivity contribution in [2.45, 2.75) is 33.1 Å². The summed E-state index contributed by atoms with van der Waals surface area (Å²) in [5, 5.41) is 3.64. The van der Waals surface area contributed by atoms with Crippen LogP contribution in [0.3, 0.4) is 0 Å². The lowest BCUT2D eigenvalue weighted by molar-refractivity contribution is 0.0132. The van der Waals surface area contributed by atoms with Crippen LogP contribution in [0.25, 0.3) is 0 Å². The van der Waals surface area contributed by atoms with Crippen LogP contribution in [0.5, 0.6) is 0 Å². The van der Waals surface area contributed by atoms with Crippen LogP contribution < -0.4 is 5.32 Å². The van der Waals surface area contributed by atoms with E-state index in [9.17, 15) is 0 Å². The van der Waals surface area contributed by atoms with E-state index in [0.717, 1.165) is 25.7 Å². The summed E-state index contributed by atoms with van der Waals surface area (Å²) >= 11 is 1.96. The summed E-state index contributed by atoms with van der Waals surface area (Å²) in [6, 6.07) is 0. The Labute approximate surface area is 105 Å². The molecule has 0 aliphatic carbocycles. The summed E-state index contributed by atoms with van der Waals surface area (Å²) in [4.78, 5) is 0. The van der Waals surface area contributed by atoms with Crippen LogP contribution in [0.2, 0.25) is 0 Å². The van der Waals surface area contributed by atoms with Crippen molar-refractivity contribution >= 4 is 11.8 Å². The molecule has 2 nitrogen and oxygen atoms in total. The molecule has 1 aliphatic rings. The molecule has 96 valence electrons. The van der Waals surface area contributed by atoms with Crippen LogP contribution in [-0.2, 0) is 4.74 Å². The molecule has 0 aromatic carbocycles. The fourth-order valence-corrected chi connectivity index (χ4v) is 2.90. The fraction of sp³-hybridized carbons (Fsp3) is 1.00.